The molecule has 2 aromatic carbocycles. The van der Waals surface area contributed by atoms with Crippen LogP contribution in [0.4, 0.5) is 11.5 Å². The molecule has 2 aromatic heterocycles. The van der Waals surface area contributed by atoms with Crippen molar-refractivity contribution in [3.8, 4) is 34.4 Å². The van der Waals surface area contributed by atoms with Gasteiger partial charge in [0.25, 0.3) is 0 Å². The summed E-state index contributed by atoms with van der Waals surface area (Å²) in [5.41, 5.74) is 19.6. The summed E-state index contributed by atoms with van der Waals surface area (Å²) in [4.78, 5) is 62.1. The van der Waals surface area contributed by atoms with Crippen molar-refractivity contribution in [1.82, 2.24) is 15.3 Å². The number of ether oxygens (including phenoxy) is 3. The molecule has 18 heteroatoms. The smallest absolute Gasteiger partial charge is 0.328 e. The van der Waals surface area contributed by atoms with Crippen LogP contribution in [0.2, 0.25) is 5.02 Å². The Hall–Kier alpha value is -5.98. The second kappa shape index (κ2) is 20.3. The van der Waals surface area contributed by atoms with Crippen LogP contribution in [-0.4, -0.2) is 71.0 Å². The van der Waals surface area contributed by atoms with Crippen molar-refractivity contribution in [1.29, 1.82) is 5.26 Å². The highest BCUT2D eigenvalue weighted by Gasteiger charge is 2.27. The van der Waals surface area contributed by atoms with Crippen LogP contribution < -0.4 is 27.3 Å². The van der Waals surface area contributed by atoms with Crippen LogP contribution in [0.3, 0.4) is 0 Å². The van der Waals surface area contributed by atoms with Crippen molar-refractivity contribution in [2.24, 2.45) is 17.4 Å². The van der Waals surface area contributed by atoms with E-state index in [0.717, 1.165) is 5.56 Å². The van der Waals surface area contributed by atoms with Crippen molar-refractivity contribution in [2.75, 3.05) is 18.9 Å². The topological polar surface area (TPSA) is 253 Å². The third-order valence-corrected chi connectivity index (χ3v) is 9.47. The van der Waals surface area contributed by atoms with E-state index in [1.165, 1.54) is 45.7 Å². The number of pyridine rings is 1. The van der Waals surface area contributed by atoms with E-state index in [1.807, 2.05) is 0 Å². The second-order valence-corrected chi connectivity index (χ2v) is 14.4. The number of nitrogens with one attached hydrogen (secondary N) is 1. The van der Waals surface area contributed by atoms with Gasteiger partial charge in [-0.2, -0.15) is 5.26 Å². The predicted octanol–water partition coefficient (Wildman–Crippen LogP) is 4.98. The molecule has 0 aliphatic carbocycles. The first-order valence-electron chi connectivity index (χ1n) is 17.5. The van der Waals surface area contributed by atoms with Crippen LogP contribution in [0.15, 0.2) is 64.2 Å². The lowest BCUT2D eigenvalue weighted by molar-refractivity contribution is -0.164. The summed E-state index contributed by atoms with van der Waals surface area (Å²) in [7, 11) is 0. The molecule has 0 fully saturated rings. The molecule has 298 valence electrons. The fourth-order valence-corrected chi connectivity index (χ4v) is 5.99. The first-order valence-corrected chi connectivity index (χ1v) is 18.9. The van der Waals surface area contributed by atoms with Gasteiger partial charge >= 0.3 is 11.9 Å². The summed E-state index contributed by atoms with van der Waals surface area (Å²) in [6.07, 6.45) is 0.226. The minimum atomic E-state index is -1.14. The van der Waals surface area contributed by atoms with E-state index in [4.69, 9.17) is 54.0 Å². The summed E-state index contributed by atoms with van der Waals surface area (Å²) >= 11 is 7.19. The van der Waals surface area contributed by atoms with Crippen LogP contribution in [0.1, 0.15) is 45.4 Å². The van der Waals surface area contributed by atoms with Gasteiger partial charge in [-0.3, -0.25) is 14.4 Å². The number of nitrogen functional groups attached to an aromatic ring is 1. The first kappa shape index (κ1) is 43.7. The Morgan fingerprint density at radius 3 is 2.26 bits per heavy atom. The molecule has 2 heterocycles. The number of halogens is 1. The van der Waals surface area contributed by atoms with Crippen LogP contribution in [-0.2, 0) is 34.4 Å². The Bertz CT molecular complexity index is 2160. The summed E-state index contributed by atoms with van der Waals surface area (Å²) in [6, 6.07) is 12.8. The number of Topliss-reactive ketones (excluding diaryl/α,β-unsaturated/α-hetero) is 1. The molecular formula is C39H41ClN8O8S. The van der Waals surface area contributed by atoms with E-state index in [2.05, 4.69) is 26.2 Å². The van der Waals surface area contributed by atoms with Gasteiger partial charge in [0.1, 0.15) is 54.0 Å². The zero-order valence-electron chi connectivity index (χ0n) is 31.5. The monoisotopic (exact) mass is 816 g/mol. The maximum atomic E-state index is 12.9. The van der Waals surface area contributed by atoms with E-state index in [1.54, 1.807) is 48.5 Å². The predicted molar refractivity (Wildman–Crippen MR) is 212 cm³/mol. The summed E-state index contributed by atoms with van der Waals surface area (Å²) in [5, 5.41) is 13.6. The third kappa shape index (κ3) is 12.0. The van der Waals surface area contributed by atoms with Crippen molar-refractivity contribution in [3.05, 3.63) is 82.5 Å². The van der Waals surface area contributed by atoms with Gasteiger partial charge in [-0.05, 0) is 62.7 Å². The van der Waals surface area contributed by atoms with Crippen molar-refractivity contribution in [2.45, 2.75) is 69.1 Å². The number of carbonyl (C=O) groups is 4. The number of hydrogen-bond donors (Lipinski definition) is 4. The Kier molecular flexibility index (Phi) is 15.5. The van der Waals surface area contributed by atoms with Crippen LogP contribution >= 0.6 is 23.4 Å². The minimum absolute atomic E-state index is 0.00749. The highest BCUT2D eigenvalue weighted by atomic mass is 35.5. The van der Waals surface area contributed by atoms with Gasteiger partial charge < -0.3 is 41.1 Å². The first-order chi connectivity index (χ1) is 27.1. The Balaban J connectivity index is 1.50. The quantitative estimate of drug-likeness (QED) is 0.0587. The number of aromatic nitrogens is 2. The zero-order chi connectivity index (χ0) is 41.8. The number of benzene rings is 2. The Morgan fingerprint density at radius 2 is 1.65 bits per heavy atom. The van der Waals surface area contributed by atoms with E-state index in [9.17, 15) is 24.4 Å². The SMILES string of the molecule is [C-]#[N+]c1c(N)nc(SCc2coc(-c3ccc(Cl)cc3)n2)c(C#N)c1-c1ccc(OC[C@@H](COC(=O)[C@H](C)CC(=O)[C@H](C)N)OC(=O)[C@H](C)NC(=O)[C@H](C)N)cc1. The van der Waals surface area contributed by atoms with Crippen LogP contribution in [0, 0.1) is 23.8 Å². The fraction of sp³-hybridized carbons (Fsp3) is 0.333. The highest BCUT2D eigenvalue weighted by molar-refractivity contribution is 7.98. The number of rotatable bonds is 18. The molecule has 1 amide bonds. The lowest BCUT2D eigenvalue weighted by Crippen LogP contribution is -2.47. The number of carbonyl (C=O) groups excluding carboxylic acids is 4. The van der Waals surface area contributed by atoms with Crippen molar-refractivity contribution in [3.63, 3.8) is 0 Å². The number of nitrogens with two attached hydrogens (primary N) is 3. The molecule has 57 heavy (non-hydrogen) atoms. The van der Waals surface area contributed by atoms with E-state index < -0.39 is 54.6 Å². The molecule has 0 bridgehead atoms. The van der Waals surface area contributed by atoms with Gasteiger partial charge in [-0.25, -0.2) is 19.6 Å². The van der Waals surface area contributed by atoms with Gasteiger partial charge in [0.2, 0.25) is 17.5 Å². The van der Waals surface area contributed by atoms with Crippen LogP contribution in [0.5, 0.6) is 5.75 Å². The maximum Gasteiger partial charge on any atom is 0.328 e. The number of hydrogen-bond acceptors (Lipinski definition) is 15. The Labute approximate surface area is 338 Å². The summed E-state index contributed by atoms with van der Waals surface area (Å²) in [5.74, 6) is -2.35. The average molecular weight is 817 g/mol. The van der Waals surface area contributed by atoms with Gasteiger partial charge in [0, 0.05) is 28.3 Å². The lowest BCUT2D eigenvalue weighted by Gasteiger charge is -2.22. The number of ketones is 1. The molecule has 7 N–H and O–H groups in total. The van der Waals surface area contributed by atoms with E-state index >= 15 is 0 Å². The van der Waals surface area contributed by atoms with E-state index in [-0.39, 0.29) is 52.2 Å². The molecule has 16 nitrogen and oxygen atoms in total. The normalized spacial score (nSPS) is 13.5. The number of amides is 1. The molecule has 0 saturated heterocycles. The third-order valence-electron chi connectivity index (χ3n) is 8.21. The molecule has 4 rings (SSSR count). The molecule has 0 radical (unpaired) electrons. The standard InChI is InChI=1S/C39H41ClN8O8S/c1-20(14-31(49)21(2)42)38(51)55-18-29(56-39(52)23(4)46-35(50)22(3)43)17-53-28-12-8-24(9-13-28)32-30(15-41)37(48-34(44)33(32)45-5)57-19-27-16-54-36(47-27)25-6-10-26(40)11-7-25/h6-13,16,20-23,29H,14,17-19,42-43H2,1-4H3,(H2,44,48)(H,46,50)/t20-,21+,22+,23+,29+/m1/s1. The number of oxazole rings is 1. The van der Waals surface area contributed by atoms with Crippen molar-refractivity contribution < 1.29 is 37.8 Å². The largest absolute Gasteiger partial charge is 0.490 e. The summed E-state index contributed by atoms with van der Waals surface area (Å²) < 4.78 is 22.4. The average Bonchev–Trinajstić information content (AvgIpc) is 3.66. The maximum absolute atomic E-state index is 12.9. The van der Waals surface area contributed by atoms with Crippen LogP contribution in [0.25, 0.3) is 27.4 Å². The molecule has 0 aliphatic rings. The van der Waals surface area contributed by atoms with E-state index in [0.29, 0.717) is 27.9 Å². The molecule has 5 atom stereocenters. The van der Waals surface area contributed by atoms with Gasteiger partial charge in [0.05, 0.1) is 35.8 Å². The Morgan fingerprint density at radius 1 is 0.982 bits per heavy atom. The molecule has 0 spiro atoms. The van der Waals surface area contributed by atoms with Crippen molar-refractivity contribution >= 4 is 58.5 Å². The fourth-order valence-electron chi connectivity index (χ4n) is 5.00. The molecule has 0 aliphatic heterocycles. The van der Waals surface area contributed by atoms with Gasteiger partial charge in [-0.1, -0.05) is 42.4 Å². The molecular weight excluding hydrogens is 776 g/mol. The lowest BCUT2D eigenvalue weighted by atomic mass is 10.00. The number of nitrogens with zero attached hydrogens (tertiary/aromatic N) is 4. The zero-order valence-corrected chi connectivity index (χ0v) is 33.1. The summed E-state index contributed by atoms with van der Waals surface area (Å²) in [6.45, 7) is 13.0. The molecule has 0 unspecified atom stereocenters. The second-order valence-electron chi connectivity index (χ2n) is 13.0. The molecule has 0 saturated carbocycles. The number of anilines is 1. The number of esters is 2. The van der Waals surface area contributed by atoms with Gasteiger partial charge in [0.15, 0.2) is 6.10 Å². The highest BCUT2D eigenvalue weighted by Crippen LogP contribution is 2.42. The molecule has 4 aromatic rings. The minimum Gasteiger partial charge on any atom is -0.490 e. The number of nitriles is 1. The van der Waals surface area contributed by atoms with Gasteiger partial charge in [-0.15, -0.1) is 0 Å². The number of thioether (sulfide) groups is 1.